The second kappa shape index (κ2) is 5.73. The van der Waals surface area contributed by atoms with Crippen molar-refractivity contribution in [2.45, 2.75) is 11.1 Å². The van der Waals surface area contributed by atoms with Crippen LogP contribution in [0.1, 0.15) is 5.56 Å². The van der Waals surface area contributed by atoms with Gasteiger partial charge in [0.05, 0.1) is 16.6 Å². The second-order valence-electron chi connectivity index (χ2n) is 4.85. The van der Waals surface area contributed by atoms with E-state index in [1.807, 2.05) is 0 Å². The van der Waals surface area contributed by atoms with Gasteiger partial charge in [-0.3, -0.25) is 4.98 Å². The summed E-state index contributed by atoms with van der Waals surface area (Å²) in [6.07, 6.45) is -1.07. The van der Waals surface area contributed by atoms with Crippen molar-refractivity contribution in [3.63, 3.8) is 0 Å². The van der Waals surface area contributed by atoms with Crippen LogP contribution in [-0.4, -0.2) is 14.5 Å². The number of rotatable bonds is 3. The highest BCUT2D eigenvalue weighted by atomic mass is 32.2. The lowest BCUT2D eigenvalue weighted by Gasteiger charge is -2.07. The molecule has 0 atom stereocenters. The van der Waals surface area contributed by atoms with Crippen LogP contribution in [0.15, 0.2) is 53.5 Å². The maximum atomic E-state index is 12.9. The molecule has 2 heterocycles. The van der Waals surface area contributed by atoms with Gasteiger partial charge >= 0.3 is 6.18 Å². The fraction of sp³-hybridized carbons (Fsp3) is 0.125. The molecule has 0 saturated heterocycles. The van der Waals surface area contributed by atoms with Crippen LogP contribution in [0.25, 0.3) is 22.4 Å². The number of pyridine rings is 1. The zero-order chi connectivity index (χ0) is 16.6. The summed E-state index contributed by atoms with van der Waals surface area (Å²) in [5, 5.41) is 1.67. The summed E-state index contributed by atoms with van der Waals surface area (Å²) < 4.78 is 40.3. The lowest BCUT2D eigenvalue weighted by molar-refractivity contribution is -0.137. The first-order chi connectivity index (χ1) is 10.9. The summed E-state index contributed by atoms with van der Waals surface area (Å²) in [6.45, 7) is 3.68. The molecule has 3 rings (SSSR count). The SMILES string of the molecule is C=CSc1cnccc1-c1nc2cc(C(F)(F)F)ccc2n1C. The molecule has 3 aromatic rings. The van der Waals surface area contributed by atoms with Crippen molar-refractivity contribution in [2.24, 2.45) is 7.05 Å². The largest absolute Gasteiger partial charge is 0.416 e. The lowest BCUT2D eigenvalue weighted by atomic mass is 10.2. The Morgan fingerprint density at radius 2 is 2.04 bits per heavy atom. The smallest absolute Gasteiger partial charge is 0.327 e. The van der Waals surface area contributed by atoms with Crippen molar-refractivity contribution in [3.05, 3.63) is 54.2 Å². The summed E-state index contributed by atoms with van der Waals surface area (Å²) >= 11 is 1.39. The van der Waals surface area contributed by atoms with E-state index in [1.165, 1.54) is 17.8 Å². The lowest BCUT2D eigenvalue weighted by Crippen LogP contribution is -2.04. The number of hydrogen-bond acceptors (Lipinski definition) is 3. The van der Waals surface area contributed by atoms with Crippen molar-refractivity contribution in [2.75, 3.05) is 0 Å². The van der Waals surface area contributed by atoms with Gasteiger partial charge in [-0.25, -0.2) is 4.98 Å². The summed E-state index contributed by atoms with van der Waals surface area (Å²) in [7, 11) is 1.78. The summed E-state index contributed by atoms with van der Waals surface area (Å²) in [4.78, 5) is 9.30. The average molecular weight is 335 g/mol. The molecule has 0 spiro atoms. The Hall–Kier alpha value is -2.28. The molecule has 0 amide bonds. The monoisotopic (exact) mass is 335 g/mol. The third kappa shape index (κ3) is 2.84. The Bertz CT molecular complexity index is 884. The molecule has 2 aromatic heterocycles. The van der Waals surface area contributed by atoms with Crippen molar-refractivity contribution in [3.8, 4) is 11.4 Å². The van der Waals surface area contributed by atoms with E-state index in [2.05, 4.69) is 16.5 Å². The molecule has 7 heteroatoms. The fourth-order valence-electron chi connectivity index (χ4n) is 2.37. The van der Waals surface area contributed by atoms with Crippen molar-refractivity contribution in [1.29, 1.82) is 0 Å². The molecule has 0 saturated carbocycles. The van der Waals surface area contributed by atoms with Gasteiger partial charge in [-0.05, 0) is 29.7 Å². The highest BCUT2D eigenvalue weighted by molar-refractivity contribution is 8.02. The van der Waals surface area contributed by atoms with Gasteiger partial charge in [-0.2, -0.15) is 13.2 Å². The van der Waals surface area contributed by atoms with Crippen LogP contribution in [0, 0.1) is 0 Å². The number of aryl methyl sites for hydroxylation is 1. The van der Waals surface area contributed by atoms with Crippen molar-refractivity contribution < 1.29 is 13.2 Å². The minimum atomic E-state index is -4.38. The maximum absolute atomic E-state index is 12.9. The Morgan fingerprint density at radius 1 is 1.26 bits per heavy atom. The van der Waals surface area contributed by atoms with Gasteiger partial charge in [0, 0.05) is 29.9 Å². The Labute approximate surface area is 134 Å². The highest BCUT2D eigenvalue weighted by Crippen LogP contribution is 2.35. The molecule has 0 N–H and O–H groups in total. The van der Waals surface area contributed by atoms with Gasteiger partial charge in [0.2, 0.25) is 0 Å². The van der Waals surface area contributed by atoms with E-state index in [1.54, 1.807) is 35.5 Å². The normalized spacial score (nSPS) is 11.8. The second-order valence-corrected chi connectivity index (χ2v) is 5.86. The van der Waals surface area contributed by atoms with Crippen LogP contribution >= 0.6 is 11.8 Å². The Balaban J connectivity index is 2.20. The first kappa shape index (κ1) is 15.6. The van der Waals surface area contributed by atoms with Crippen LogP contribution in [0.5, 0.6) is 0 Å². The zero-order valence-corrected chi connectivity index (χ0v) is 12.9. The quantitative estimate of drug-likeness (QED) is 0.639. The van der Waals surface area contributed by atoms with Gasteiger partial charge in [0.25, 0.3) is 0 Å². The fourth-order valence-corrected chi connectivity index (χ4v) is 2.95. The first-order valence-electron chi connectivity index (χ1n) is 6.67. The van der Waals surface area contributed by atoms with Crippen LogP contribution < -0.4 is 0 Å². The predicted octanol–water partition coefficient (Wildman–Crippen LogP) is 4.89. The zero-order valence-electron chi connectivity index (χ0n) is 12.1. The van der Waals surface area contributed by atoms with E-state index in [0.29, 0.717) is 16.9 Å². The number of hydrogen-bond donors (Lipinski definition) is 0. The maximum Gasteiger partial charge on any atom is 0.416 e. The molecule has 0 aliphatic heterocycles. The third-order valence-electron chi connectivity index (χ3n) is 3.44. The first-order valence-corrected chi connectivity index (χ1v) is 7.55. The van der Waals surface area contributed by atoms with Gasteiger partial charge in [-0.15, -0.1) is 0 Å². The van der Waals surface area contributed by atoms with E-state index < -0.39 is 11.7 Å². The predicted molar refractivity (Wildman–Crippen MR) is 85.0 cm³/mol. The Morgan fingerprint density at radius 3 is 2.74 bits per heavy atom. The van der Waals surface area contributed by atoms with Gasteiger partial charge in [0.1, 0.15) is 5.82 Å². The molecule has 23 heavy (non-hydrogen) atoms. The average Bonchev–Trinajstić information content (AvgIpc) is 2.84. The minimum absolute atomic E-state index is 0.309. The molecule has 0 radical (unpaired) electrons. The number of aromatic nitrogens is 3. The topological polar surface area (TPSA) is 30.7 Å². The molecule has 118 valence electrons. The molecule has 0 fully saturated rings. The van der Waals surface area contributed by atoms with E-state index >= 15 is 0 Å². The van der Waals surface area contributed by atoms with Crippen LogP contribution in [-0.2, 0) is 13.2 Å². The number of nitrogens with zero attached hydrogens (tertiary/aromatic N) is 3. The van der Waals surface area contributed by atoms with Crippen LogP contribution in [0.3, 0.4) is 0 Å². The number of fused-ring (bicyclic) bond motifs is 1. The molecule has 0 bridgehead atoms. The number of alkyl halides is 3. The summed E-state index contributed by atoms with van der Waals surface area (Å²) in [5.74, 6) is 0.589. The third-order valence-corrected chi connectivity index (χ3v) is 4.19. The highest BCUT2D eigenvalue weighted by Gasteiger charge is 2.31. The molecular weight excluding hydrogens is 323 g/mol. The van der Waals surface area contributed by atoms with Crippen LogP contribution in [0.2, 0.25) is 0 Å². The van der Waals surface area contributed by atoms with E-state index in [4.69, 9.17) is 0 Å². The van der Waals surface area contributed by atoms with Gasteiger partial charge in [0.15, 0.2) is 0 Å². The van der Waals surface area contributed by atoms with Crippen molar-refractivity contribution >= 4 is 22.8 Å². The van der Waals surface area contributed by atoms with Gasteiger partial charge in [-0.1, -0.05) is 18.3 Å². The number of imidazole rings is 1. The molecule has 0 unspecified atom stereocenters. The molecule has 1 aromatic carbocycles. The Kier molecular flexibility index (Phi) is 3.89. The summed E-state index contributed by atoms with van der Waals surface area (Å²) in [6, 6.07) is 5.37. The minimum Gasteiger partial charge on any atom is -0.327 e. The van der Waals surface area contributed by atoms with E-state index in [-0.39, 0.29) is 0 Å². The van der Waals surface area contributed by atoms with E-state index in [0.717, 1.165) is 22.6 Å². The molecule has 0 aliphatic rings. The standard InChI is InChI=1S/C16H12F3N3S/c1-3-23-14-9-20-7-6-11(14)15-21-12-8-10(16(17,18)19)4-5-13(12)22(15)2/h3-9H,1H2,2H3. The van der Waals surface area contributed by atoms with Gasteiger partial charge < -0.3 is 4.57 Å². The number of benzene rings is 1. The number of halogens is 3. The van der Waals surface area contributed by atoms with E-state index in [9.17, 15) is 13.2 Å². The molecular formula is C16H12F3N3S. The van der Waals surface area contributed by atoms with Crippen LogP contribution in [0.4, 0.5) is 13.2 Å². The number of thioether (sulfide) groups is 1. The van der Waals surface area contributed by atoms with Crippen molar-refractivity contribution in [1.82, 2.24) is 14.5 Å². The molecule has 0 aliphatic carbocycles. The molecule has 3 nitrogen and oxygen atoms in total. The summed E-state index contributed by atoms with van der Waals surface area (Å²) in [5.41, 5.74) is 1.05.